The molecule has 3 aromatic rings. The van der Waals surface area contributed by atoms with Crippen LogP contribution in [0.5, 0.6) is 0 Å². The summed E-state index contributed by atoms with van der Waals surface area (Å²) in [7, 11) is 0. The summed E-state index contributed by atoms with van der Waals surface area (Å²) in [5.41, 5.74) is 4.72. The molecule has 3 rings (SSSR count). The average Bonchev–Trinajstić information content (AvgIpc) is 2.54. The van der Waals surface area contributed by atoms with Gasteiger partial charge in [-0.25, -0.2) is 4.98 Å². The zero-order valence-electron chi connectivity index (χ0n) is 13.4. The second-order valence-corrected chi connectivity index (χ2v) is 5.54. The lowest BCUT2D eigenvalue weighted by Gasteiger charge is -2.10. The molecule has 23 heavy (non-hydrogen) atoms. The van der Waals surface area contributed by atoms with Gasteiger partial charge in [0, 0.05) is 18.4 Å². The fraction of sp³-hybridized carbons (Fsp3) is 0.158. The van der Waals surface area contributed by atoms with Crippen molar-refractivity contribution in [2.24, 2.45) is 0 Å². The van der Waals surface area contributed by atoms with Gasteiger partial charge in [-0.15, -0.1) is 0 Å². The maximum atomic E-state index is 4.51. The first-order chi connectivity index (χ1) is 11.2. The first kappa shape index (κ1) is 15.0. The van der Waals surface area contributed by atoms with Crippen molar-refractivity contribution in [3.05, 3.63) is 77.5 Å². The number of hydrogen-bond donors (Lipinski definition) is 2. The Balaban J connectivity index is 1.69. The van der Waals surface area contributed by atoms with E-state index in [1.54, 1.807) is 6.20 Å². The van der Waals surface area contributed by atoms with Crippen molar-refractivity contribution in [3.63, 3.8) is 0 Å². The molecule has 4 nitrogen and oxygen atoms in total. The van der Waals surface area contributed by atoms with Crippen molar-refractivity contribution in [3.8, 4) is 0 Å². The predicted molar refractivity (Wildman–Crippen MR) is 95.0 cm³/mol. The molecule has 0 aliphatic rings. The van der Waals surface area contributed by atoms with Gasteiger partial charge in [0.25, 0.3) is 0 Å². The normalized spacial score (nSPS) is 10.3. The molecule has 1 aromatic heterocycles. The minimum Gasteiger partial charge on any atom is -0.366 e. The van der Waals surface area contributed by atoms with E-state index in [9.17, 15) is 0 Å². The van der Waals surface area contributed by atoms with E-state index in [1.165, 1.54) is 16.7 Å². The van der Waals surface area contributed by atoms with E-state index < -0.39 is 0 Å². The van der Waals surface area contributed by atoms with Gasteiger partial charge >= 0.3 is 0 Å². The fourth-order valence-corrected chi connectivity index (χ4v) is 2.36. The van der Waals surface area contributed by atoms with E-state index in [-0.39, 0.29) is 0 Å². The van der Waals surface area contributed by atoms with E-state index in [0.717, 1.165) is 18.1 Å². The van der Waals surface area contributed by atoms with Gasteiger partial charge < -0.3 is 10.6 Å². The molecule has 0 atom stereocenters. The third-order valence-electron chi connectivity index (χ3n) is 3.65. The molecular weight excluding hydrogens is 284 g/mol. The summed E-state index contributed by atoms with van der Waals surface area (Å²) in [6, 6.07) is 18.4. The number of aryl methyl sites for hydroxylation is 2. The highest BCUT2D eigenvalue weighted by Crippen LogP contribution is 2.16. The van der Waals surface area contributed by atoms with Crippen LogP contribution in [0.2, 0.25) is 0 Å². The summed E-state index contributed by atoms with van der Waals surface area (Å²) < 4.78 is 0. The van der Waals surface area contributed by atoms with Crippen molar-refractivity contribution in [1.82, 2.24) is 9.97 Å². The van der Waals surface area contributed by atoms with Gasteiger partial charge in [-0.05, 0) is 48.7 Å². The van der Waals surface area contributed by atoms with Crippen LogP contribution in [0.15, 0.2) is 60.8 Å². The van der Waals surface area contributed by atoms with Crippen molar-refractivity contribution in [2.45, 2.75) is 20.4 Å². The second-order valence-electron chi connectivity index (χ2n) is 5.54. The Kier molecular flexibility index (Phi) is 4.52. The molecule has 0 spiro atoms. The maximum Gasteiger partial charge on any atom is 0.229 e. The SMILES string of the molecule is Cc1cccc(Nc2nccc(NCc3ccccc3C)n2)c1. The van der Waals surface area contributed by atoms with Crippen molar-refractivity contribution < 1.29 is 0 Å². The predicted octanol–water partition coefficient (Wildman–Crippen LogP) is 4.45. The summed E-state index contributed by atoms with van der Waals surface area (Å²) in [6.45, 7) is 4.92. The lowest BCUT2D eigenvalue weighted by atomic mass is 10.1. The summed E-state index contributed by atoms with van der Waals surface area (Å²) in [4.78, 5) is 8.78. The van der Waals surface area contributed by atoms with Crippen LogP contribution in [0.1, 0.15) is 16.7 Å². The number of anilines is 3. The van der Waals surface area contributed by atoms with Gasteiger partial charge in [-0.3, -0.25) is 0 Å². The van der Waals surface area contributed by atoms with Gasteiger partial charge in [0.2, 0.25) is 5.95 Å². The highest BCUT2D eigenvalue weighted by atomic mass is 15.1. The molecule has 116 valence electrons. The molecule has 0 saturated carbocycles. The van der Waals surface area contributed by atoms with E-state index in [0.29, 0.717) is 5.95 Å². The van der Waals surface area contributed by atoms with Crippen molar-refractivity contribution in [1.29, 1.82) is 0 Å². The van der Waals surface area contributed by atoms with Crippen LogP contribution in [0.3, 0.4) is 0 Å². The minimum atomic E-state index is 0.588. The van der Waals surface area contributed by atoms with E-state index >= 15 is 0 Å². The zero-order valence-corrected chi connectivity index (χ0v) is 13.4. The van der Waals surface area contributed by atoms with Crippen LogP contribution in [0, 0.1) is 13.8 Å². The number of aromatic nitrogens is 2. The minimum absolute atomic E-state index is 0.588. The standard InChI is InChI=1S/C19H20N4/c1-14-6-5-9-17(12-14)22-19-20-11-10-18(23-19)21-13-16-8-4-3-7-15(16)2/h3-12H,13H2,1-2H3,(H2,20,21,22,23). The topological polar surface area (TPSA) is 49.8 Å². The van der Waals surface area contributed by atoms with Gasteiger partial charge in [0.1, 0.15) is 5.82 Å². The van der Waals surface area contributed by atoms with Crippen LogP contribution in [0.25, 0.3) is 0 Å². The molecule has 4 heteroatoms. The molecule has 0 fully saturated rings. The first-order valence-electron chi connectivity index (χ1n) is 7.66. The Hall–Kier alpha value is -2.88. The third-order valence-corrected chi connectivity index (χ3v) is 3.65. The molecule has 0 aliphatic heterocycles. The molecule has 0 amide bonds. The van der Waals surface area contributed by atoms with Gasteiger partial charge in [0.05, 0.1) is 0 Å². The zero-order chi connectivity index (χ0) is 16.1. The molecule has 1 heterocycles. The van der Waals surface area contributed by atoms with E-state index in [4.69, 9.17) is 0 Å². The Morgan fingerprint density at radius 1 is 0.957 bits per heavy atom. The Bertz CT molecular complexity index is 799. The molecule has 0 aliphatic carbocycles. The molecule has 0 saturated heterocycles. The lowest BCUT2D eigenvalue weighted by Crippen LogP contribution is -2.05. The number of nitrogens with one attached hydrogen (secondary N) is 2. The largest absolute Gasteiger partial charge is 0.366 e. The second kappa shape index (κ2) is 6.92. The summed E-state index contributed by atoms with van der Waals surface area (Å²) in [5, 5.41) is 6.58. The Morgan fingerprint density at radius 3 is 2.65 bits per heavy atom. The fourth-order valence-electron chi connectivity index (χ4n) is 2.36. The Labute approximate surface area is 136 Å². The van der Waals surface area contributed by atoms with Crippen LogP contribution in [0.4, 0.5) is 17.5 Å². The highest BCUT2D eigenvalue weighted by molar-refractivity contribution is 5.55. The molecule has 0 bridgehead atoms. The van der Waals surface area contributed by atoms with Crippen molar-refractivity contribution >= 4 is 17.5 Å². The number of hydrogen-bond acceptors (Lipinski definition) is 4. The average molecular weight is 304 g/mol. The van der Waals surface area contributed by atoms with Crippen molar-refractivity contribution in [2.75, 3.05) is 10.6 Å². The van der Waals surface area contributed by atoms with Crippen LogP contribution in [-0.4, -0.2) is 9.97 Å². The van der Waals surface area contributed by atoms with E-state index in [1.807, 2.05) is 24.3 Å². The summed E-state index contributed by atoms with van der Waals surface area (Å²) >= 11 is 0. The Morgan fingerprint density at radius 2 is 1.83 bits per heavy atom. The molecule has 0 radical (unpaired) electrons. The molecule has 2 aromatic carbocycles. The maximum absolute atomic E-state index is 4.51. The summed E-state index contributed by atoms with van der Waals surface area (Å²) in [6.07, 6.45) is 1.76. The number of benzene rings is 2. The summed E-state index contributed by atoms with van der Waals surface area (Å²) in [5.74, 6) is 1.39. The first-order valence-corrected chi connectivity index (χ1v) is 7.66. The number of rotatable bonds is 5. The lowest BCUT2D eigenvalue weighted by molar-refractivity contribution is 1.07. The smallest absolute Gasteiger partial charge is 0.229 e. The van der Waals surface area contributed by atoms with Gasteiger partial charge in [-0.2, -0.15) is 4.98 Å². The molecular formula is C19H20N4. The van der Waals surface area contributed by atoms with Gasteiger partial charge in [0.15, 0.2) is 0 Å². The molecule has 2 N–H and O–H groups in total. The monoisotopic (exact) mass is 304 g/mol. The highest BCUT2D eigenvalue weighted by Gasteiger charge is 2.02. The third kappa shape index (κ3) is 4.07. The van der Waals surface area contributed by atoms with Gasteiger partial charge in [-0.1, -0.05) is 36.4 Å². The quantitative estimate of drug-likeness (QED) is 0.731. The van der Waals surface area contributed by atoms with E-state index in [2.05, 4.69) is 64.8 Å². The van der Waals surface area contributed by atoms with Crippen LogP contribution < -0.4 is 10.6 Å². The van der Waals surface area contributed by atoms with Crippen LogP contribution >= 0.6 is 0 Å². The molecule has 0 unspecified atom stereocenters. The number of nitrogens with zero attached hydrogens (tertiary/aromatic N) is 2. The van der Waals surface area contributed by atoms with Crippen LogP contribution in [-0.2, 0) is 6.54 Å².